The topological polar surface area (TPSA) is 68.5 Å². The fourth-order valence-corrected chi connectivity index (χ4v) is 5.48. The first-order chi connectivity index (χ1) is 20.6. The molecule has 43 heavy (non-hydrogen) atoms. The number of unbranched alkanes of at least 4 members (excludes halogenated alkanes) is 1. The zero-order valence-electron chi connectivity index (χ0n) is 25.6. The maximum absolute atomic E-state index is 13.9. The van der Waals surface area contributed by atoms with Crippen LogP contribution in [0.3, 0.4) is 0 Å². The van der Waals surface area contributed by atoms with Gasteiger partial charge in [0, 0.05) is 23.0 Å². The lowest BCUT2D eigenvalue weighted by Crippen LogP contribution is -2.15. The van der Waals surface area contributed by atoms with Gasteiger partial charge in [-0.2, -0.15) is 0 Å². The highest BCUT2D eigenvalue weighted by Crippen LogP contribution is 2.38. The zero-order valence-corrected chi connectivity index (χ0v) is 25.6. The first-order valence-electron chi connectivity index (χ1n) is 14.9. The highest BCUT2D eigenvalue weighted by molar-refractivity contribution is 6.08. The molecule has 0 aliphatic rings. The van der Waals surface area contributed by atoms with Crippen molar-refractivity contribution in [1.82, 2.24) is 4.57 Å². The Balaban J connectivity index is 1.65. The predicted octanol–water partition coefficient (Wildman–Crippen LogP) is 9.28. The summed E-state index contributed by atoms with van der Waals surface area (Å²) in [5.41, 5.74) is 8.98. The highest BCUT2D eigenvalue weighted by Gasteiger charge is 2.26. The fraction of sp³-hybridized carbons (Fsp3) is 0.263. The maximum Gasteiger partial charge on any atom is 0.355 e. The van der Waals surface area contributed by atoms with E-state index in [2.05, 4.69) is 87.7 Å². The number of para-hydroxylation sites is 1. The van der Waals surface area contributed by atoms with E-state index in [0.717, 1.165) is 57.1 Å². The van der Waals surface area contributed by atoms with Crippen LogP contribution in [0.25, 0.3) is 33.2 Å². The van der Waals surface area contributed by atoms with Gasteiger partial charge in [-0.15, -0.1) is 0 Å². The molecule has 1 aromatic heterocycles. The number of carboxylic acids is 1. The van der Waals surface area contributed by atoms with E-state index in [4.69, 9.17) is 4.74 Å². The first kappa shape index (κ1) is 29.8. The Morgan fingerprint density at radius 1 is 0.837 bits per heavy atom. The average Bonchev–Trinajstić information content (AvgIpc) is 3.32. The van der Waals surface area contributed by atoms with Gasteiger partial charge in [-0.1, -0.05) is 101 Å². The van der Waals surface area contributed by atoms with Gasteiger partial charge in [0.2, 0.25) is 0 Å². The second-order valence-electron chi connectivity index (χ2n) is 12.2. The number of carbonyl (C=O) groups is 2. The van der Waals surface area contributed by atoms with Crippen molar-refractivity contribution in [2.75, 3.05) is 6.61 Å². The molecule has 0 aliphatic carbocycles. The minimum absolute atomic E-state index is 0.0188. The summed E-state index contributed by atoms with van der Waals surface area (Å²) in [4.78, 5) is 25.2. The molecule has 4 aromatic carbocycles. The number of ether oxygens (including phenoxy) is 1. The summed E-state index contributed by atoms with van der Waals surface area (Å²) in [7, 11) is 0. The van der Waals surface area contributed by atoms with Crippen LogP contribution in [0.4, 0.5) is 0 Å². The number of aromatic nitrogens is 1. The predicted molar refractivity (Wildman–Crippen MR) is 174 cm³/mol. The molecule has 5 heteroatoms. The van der Waals surface area contributed by atoms with Crippen molar-refractivity contribution in [3.05, 3.63) is 119 Å². The van der Waals surface area contributed by atoms with Crippen LogP contribution in [-0.4, -0.2) is 28.2 Å². The lowest BCUT2D eigenvalue weighted by molar-refractivity contribution is 0.0489. The Bertz CT molecular complexity index is 1770. The van der Waals surface area contributed by atoms with Crippen LogP contribution in [0.15, 0.2) is 91.0 Å². The van der Waals surface area contributed by atoms with Gasteiger partial charge in [-0.05, 0) is 76.4 Å². The van der Waals surface area contributed by atoms with Crippen molar-refractivity contribution < 1.29 is 19.4 Å². The Kier molecular flexibility index (Phi) is 8.54. The van der Waals surface area contributed by atoms with Gasteiger partial charge in [0.15, 0.2) is 0 Å². The third kappa shape index (κ3) is 6.26. The average molecular weight is 574 g/mol. The molecule has 0 bridgehead atoms. The van der Waals surface area contributed by atoms with Gasteiger partial charge in [0.1, 0.15) is 5.69 Å². The van der Waals surface area contributed by atoms with Gasteiger partial charge >= 0.3 is 11.9 Å². The van der Waals surface area contributed by atoms with E-state index in [9.17, 15) is 14.7 Å². The summed E-state index contributed by atoms with van der Waals surface area (Å²) in [6, 6.07) is 29.8. The van der Waals surface area contributed by atoms with Crippen molar-refractivity contribution in [3.63, 3.8) is 0 Å². The molecule has 0 aliphatic heterocycles. The molecular formula is C38H39NO4. The summed E-state index contributed by atoms with van der Waals surface area (Å²) in [5.74, 6) is -1.27. The molecule has 0 unspecified atom stereocenters. The van der Waals surface area contributed by atoms with Crippen LogP contribution in [0.5, 0.6) is 0 Å². The number of carboxylic acid groups (broad SMARTS) is 1. The third-order valence-electron chi connectivity index (χ3n) is 8.08. The molecule has 0 spiro atoms. The number of rotatable bonds is 9. The number of fused-ring (bicyclic) bond motifs is 1. The maximum atomic E-state index is 13.9. The molecule has 0 fully saturated rings. The number of hydrogen-bond donors (Lipinski definition) is 1. The summed E-state index contributed by atoms with van der Waals surface area (Å²) in [6.07, 6.45) is 1.75. The lowest BCUT2D eigenvalue weighted by atomic mass is 9.86. The van der Waals surface area contributed by atoms with E-state index in [1.54, 1.807) is 12.1 Å². The molecule has 0 radical (unpaired) electrons. The van der Waals surface area contributed by atoms with Crippen LogP contribution in [0, 0.1) is 6.92 Å². The van der Waals surface area contributed by atoms with E-state index in [-0.39, 0.29) is 16.9 Å². The second kappa shape index (κ2) is 12.3. The SMILES string of the molecule is CCCCOC(=O)c1c(-c2ccc(C(C)(C)C)cc2)c2ccccc2n1Cc1cc(-c2ccc(C(=O)O)cc2)ccc1C. The van der Waals surface area contributed by atoms with Crippen LogP contribution in [0.1, 0.15) is 78.1 Å². The number of aryl methyl sites for hydroxylation is 1. The molecule has 0 saturated carbocycles. The Hall–Kier alpha value is -4.64. The van der Waals surface area contributed by atoms with Gasteiger partial charge in [0.05, 0.1) is 12.2 Å². The third-order valence-corrected chi connectivity index (χ3v) is 8.08. The standard InChI is InChI=1S/C38H39NO4/c1-6-7-22-43-37(42)35-34(27-18-20-31(21-19-27)38(3,4)5)32-10-8-9-11-33(32)39(35)24-30-23-29(13-12-25(30)2)26-14-16-28(17-15-26)36(40)41/h8-21,23H,6-7,22,24H2,1-5H3,(H,40,41). The molecule has 1 N–H and O–H groups in total. The van der Waals surface area contributed by atoms with Crippen LogP contribution < -0.4 is 0 Å². The number of esters is 1. The first-order valence-corrected chi connectivity index (χ1v) is 14.9. The van der Waals surface area contributed by atoms with Crippen molar-refractivity contribution in [2.45, 2.75) is 59.4 Å². The molecule has 5 nitrogen and oxygen atoms in total. The van der Waals surface area contributed by atoms with Gasteiger partial charge < -0.3 is 14.4 Å². The van der Waals surface area contributed by atoms with Crippen LogP contribution in [-0.2, 0) is 16.7 Å². The van der Waals surface area contributed by atoms with Crippen LogP contribution >= 0.6 is 0 Å². The minimum Gasteiger partial charge on any atom is -0.478 e. The Morgan fingerprint density at radius 2 is 1.49 bits per heavy atom. The molecular weight excluding hydrogens is 534 g/mol. The number of benzene rings is 4. The van der Waals surface area contributed by atoms with Gasteiger partial charge in [-0.25, -0.2) is 9.59 Å². The Morgan fingerprint density at radius 3 is 2.14 bits per heavy atom. The lowest BCUT2D eigenvalue weighted by Gasteiger charge is -2.19. The molecule has 0 amide bonds. The monoisotopic (exact) mass is 573 g/mol. The van der Waals surface area contributed by atoms with E-state index in [1.165, 1.54) is 5.56 Å². The molecule has 1 heterocycles. The number of nitrogens with zero attached hydrogens (tertiary/aromatic N) is 1. The summed E-state index contributed by atoms with van der Waals surface area (Å²) in [6.45, 7) is 11.6. The number of hydrogen-bond acceptors (Lipinski definition) is 3. The number of aromatic carboxylic acids is 1. The second-order valence-corrected chi connectivity index (χ2v) is 12.2. The zero-order chi connectivity index (χ0) is 30.7. The van der Waals surface area contributed by atoms with E-state index in [1.807, 2.05) is 30.3 Å². The molecule has 0 atom stereocenters. The van der Waals surface area contributed by atoms with Crippen molar-refractivity contribution in [1.29, 1.82) is 0 Å². The van der Waals surface area contributed by atoms with Gasteiger partial charge in [-0.3, -0.25) is 0 Å². The van der Waals surface area contributed by atoms with Crippen molar-refractivity contribution >= 4 is 22.8 Å². The van der Waals surface area contributed by atoms with Crippen molar-refractivity contribution in [3.8, 4) is 22.3 Å². The summed E-state index contributed by atoms with van der Waals surface area (Å²) in [5, 5.41) is 10.3. The van der Waals surface area contributed by atoms with Crippen LogP contribution in [0.2, 0.25) is 0 Å². The molecule has 0 saturated heterocycles. The summed E-state index contributed by atoms with van der Waals surface area (Å²) >= 11 is 0. The molecule has 220 valence electrons. The van der Waals surface area contributed by atoms with E-state index < -0.39 is 5.97 Å². The van der Waals surface area contributed by atoms with Crippen molar-refractivity contribution in [2.24, 2.45) is 0 Å². The number of carbonyl (C=O) groups excluding carboxylic acids is 1. The highest BCUT2D eigenvalue weighted by atomic mass is 16.5. The fourth-order valence-electron chi connectivity index (χ4n) is 5.48. The minimum atomic E-state index is -0.946. The molecule has 5 rings (SSSR count). The summed E-state index contributed by atoms with van der Waals surface area (Å²) < 4.78 is 7.96. The van der Waals surface area contributed by atoms with E-state index >= 15 is 0 Å². The van der Waals surface area contributed by atoms with E-state index in [0.29, 0.717) is 18.8 Å². The quantitative estimate of drug-likeness (QED) is 0.141. The normalized spacial score (nSPS) is 11.6. The largest absolute Gasteiger partial charge is 0.478 e. The van der Waals surface area contributed by atoms with Gasteiger partial charge in [0.25, 0.3) is 0 Å². The smallest absolute Gasteiger partial charge is 0.355 e. The Labute approximate surface area is 253 Å². The molecule has 5 aromatic rings.